The van der Waals surface area contributed by atoms with Gasteiger partial charge in [0.1, 0.15) is 5.75 Å². The fourth-order valence-corrected chi connectivity index (χ4v) is 1.62. The van der Waals surface area contributed by atoms with E-state index in [4.69, 9.17) is 4.74 Å². The van der Waals surface area contributed by atoms with Crippen LogP contribution in [0.5, 0.6) is 5.75 Å². The molecule has 0 amide bonds. The van der Waals surface area contributed by atoms with E-state index in [1.54, 1.807) is 7.11 Å². The standard InChI is InChI=1S/C9H10BrO/c1-3-7-8(10)5-4-6-9(7)11-2/h5-6H,3H2,1-2H3. The zero-order valence-corrected chi connectivity index (χ0v) is 8.23. The zero-order chi connectivity index (χ0) is 8.27. The molecule has 0 fully saturated rings. The van der Waals surface area contributed by atoms with Crippen LogP contribution < -0.4 is 4.74 Å². The molecule has 0 heterocycles. The summed E-state index contributed by atoms with van der Waals surface area (Å²) in [7, 11) is 1.68. The molecular formula is C9H10BrO. The smallest absolute Gasteiger partial charge is 0.123 e. The van der Waals surface area contributed by atoms with Crippen molar-refractivity contribution in [3.63, 3.8) is 0 Å². The Balaban J connectivity index is 3.13. The summed E-state index contributed by atoms with van der Waals surface area (Å²) in [5, 5.41) is 0. The molecule has 0 aliphatic carbocycles. The number of halogens is 1. The van der Waals surface area contributed by atoms with Gasteiger partial charge in [-0.25, -0.2) is 0 Å². The van der Waals surface area contributed by atoms with Gasteiger partial charge in [0, 0.05) is 10.0 Å². The van der Waals surface area contributed by atoms with Crippen LogP contribution in [0.25, 0.3) is 0 Å². The maximum Gasteiger partial charge on any atom is 0.123 e. The van der Waals surface area contributed by atoms with Crippen LogP contribution in [-0.4, -0.2) is 7.11 Å². The Morgan fingerprint density at radius 2 is 2.27 bits per heavy atom. The first kappa shape index (κ1) is 8.60. The third-order valence-corrected chi connectivity index (χ3v) is 2.29. The number of methoxy groups -OCH3 is 1. The van der Waals surface area contributed by atoms with Crippen LogP contribution in [0.1, 0.15) is 12.5 Å². The molecule has 2 heteroatoms. The van der Waals surface area contributed by atoms with Gasteiger partial charge in [-0.3, -0.25) is 0 Å². The van der Waals surface area contributed by atoms with Gasteiger partial charge in [-0.15, -0.1) is 0 Å². The van der Waals surface area contributed by atoms with E-state index in [1.165, 1.54) is 5.56 Å². The Labute approximate surface area is 75.5 Å². The van der Waals surface area contributed by atoms with E-state index < -0.39 is 0 Å². The molecule has 59 valence electrons. The number of benzene rings is 1. The van der Waals surface area contributed by atoms with Crippen LogP contribution in [0.2, 0.25) is 0 Å². The lowest BCUT2D eigenvalue weighted by Crippen LogP contribution is -1.90. The Morgan fingerprint density at radius 3 is 2.73 bits per heavy atom. The van der Waals surface area contributed by atoms with Gasteiger partial charge in [-0.1, -0.05) is 22.9 Å². The highest BCUT2D eigenvalue weighted by Crippen LogP contribution is 2.26. The Kier molecular flexibility index (Phi) is 2.94. The second-order valence-electron chi connectivity index (χ2n) is 2.20. The molecular weight excluding hydrogens is 204 g/mol. The lowest BCUT2D eigenvalue weighted by atomic mass is 10.1. The largest absolute Gasteiger partial charge is 0.496 e. The normalized spacial score (nSPS) is 9.73. The minimum absolute atomic E-state index is 0.905. The maximum absolute atomic E-state index is 5.16. The van der Waals surface area contributed by atoms with Crippen LogP contribution in [0.15, 0.2) is 16.6 Å². The molecule has 1 aromatic carbocycles. The number of rotatable bonds is 2. The summed E-state index contributed by atoms with van der Waals surface area (Å²) in [6.45, 7) is 2.10. The van der Waals surface area contributed by atoms with E-state index in [0.717, 1.165) is 16.6 Å². The van der Waals surface area contributed by atoms with Gasteiger partial charge in [0.05, 0.1) is 7.11 Å². The minimum atomic E-state index is 0.905. The monoisotopic (exact) mass is 213 g/mol. The van der Waals surface area contributed by atoms with Crippen LogP contribution in [0.4, 0.5) is 0 Å². The fraction of sp³-hybridized carbons (Fsp3) is 0.333. The van der Waals surface area contributed by atoms with Crippen molar-refractivity contribution in [2.45, 2.75) is 13.3 Å². The quantitative estimate of drug-likeness (QED) is 0.735. The third kappa shape index (κ3) is 1.74. The Bertz CT molecular complexity index is 245. The molecule has 1 radical (unpaired) electrons. The van der Waals surface area contributed by atoms with E-state index in [0.29, 0.717) is 0 Å². The van der Waals surface area contributed by atoms with Crippen LogP contribution in [-0.2, 0) is 6.42 Å². The van der Waals surface area contributed by atoms with Gasteiger partial charge < -0.3 is 4.74 Å². The van der Waals surface area contributed by atoms with Crippen LogP contribution >= 0.6 is 15.9 Å². The second-order valence-corrected chi connectivity index (χ2v) is 3.06. The van der Waals surface area contributed by atoms with Gasteiger partial charge in [0.25, 0.3) is 0 Å². The van der Waals surface area contributed by atoms with E-state index in [9.17, 15) is 0 Å². The van der Waals surface area contributed by atoms with Crippen LogP contribution in [0, 0.1) is 6.07 Å². The first-order chi connectivity index (χ1) is 5.29. The highest BCUT2D eigenvalue weighted by molar-refractivity contribution is 9.10. The molecule has 0 unspecified atom stereocenters. The van der Waals surface area contributed by atoms with E-state index >= 15 is 0 Å². The second kappa shape index (κ2) is 3.77. The van der Waals surface area contributed by atoms with Crippen molar-refractivity contribution in [2.75, 3.05) is 7.11 Å². The highest BCUT2D eigenvalue weighted by atomic mass is 79.9. The van der Waals surface area contributed by atoms with E-state index in [2.05, 4.69) is 28.9 Å². The van der Waals surface area contributed by atoms with Gasteiger partial charge in [-0.2, -0.15) is 0 Å². The maximum atomic E-state index is 5.16. The van der Waals surface area contributed by atoms with E-state index in [-0.39, 0.29) is 0 Å². The summed E-state index contributed by atoms with van der Waals surface area (Å²) >= 11 is 3.44. The molecule has 11 heavy (non-hydrogen) atoms. The van der Waals surface area contributed by atoms with Crippen molar-refractivity contribution in [3.05, 3.63) is 28.2 Å². The first-order valence-corrected chi connectivity index (χ1v) is 4.31. The molecule has 0 bridgehead atoms. The van der Waals surface area contributed by atoms with Crippen LogP contribution in [0.3, 0.4) is 0 Å². The predicted molar refractivity (Wildman–Crippen MR) is 48.9 cm³/mol. The molecule has 0 N–H and O–H groups in total. The zero-order valence-electron chi connectivity index (χ0n) is 6.65. The topological polar surface area (TPSA) is 9.23 Å². The summed E-state index contributed by atoms with van der Waals surface area (Å²) in [5.74, 6) is 0.905. The van der Waals surface area contributed by atoms with Gasteiger partial charge >= 0.3 is 0 Å². The molecule has 0 aliphatic heterocycles. The predicted octanol–water partition coefficient (Wildman–Crippen LogP) is 2.82. The van der Waals surface area contributed by atoms with Crippen molar-refractivity contribution >= 4 is 15.9 Å². The molecule has 0 saturated carbocycles. The Morgan fingerprint density at radius 1 is 1.55 bits per heavy atom. The van der Waals surface area contributed by atoms with Crippen molar-refractivity contribution in [3.8, 4) is 5.75 Å². The average molecular weight is 214 g/mol. The van der Waals surface area contributed by atoms with Crippen molar-refractivity contribution in [1.82, 2.24) is 0 Å². The summed E-state index contributed by atoms with van der Waals surface area (Å²) in [6, 6.07) is 6.74. The number of hydrogen-bond donors (Lipinski definition) is 0. The molecule has 0 aliphatic rings. The van der Waals surface area contributed by atoms with Gasteiger partial charge in [0.2, 0.25) is 0 Å². The highest BCUT2D eigenvalue weighted by Gasteiger charge is 2.03. The molecule has 1 rings (SSSR count). The summed E-state index contributed by atoms with van der Waals surface area (Å²) < 4.78 is 6.22. The molecule has 1 aromatic rings. The number of ether oxygens (including phenoxy) is 1. The summed E-state index contributed by atoms with van der Waals surface area (Å²) in [4.78, 5) is 0. The van der Waals surface area contributed by atoms with Crippen molar-refractivity contribution in [2.24, 2.45) is 0 Å². The Hall–Kier alpha value is -0.500. The SMILES string of the molecule is CCc1c(Br)c[c]cc1OC. The molecule has 0 saturated heterocycles. The fourth-order valence-electron chi connectivity index (χ4n) is 1.01. The number of hydrogen-bond acceptors (Lipinski definition) is 1. The molecule has 1 nitrogen and oxygen atoms in total. The first-order valence-electron chi connectivity index (χ1n) is 3.52. The summed E-state index contributed by atoms with van der Waals surface area (Å²) in [6.07, 6.45) is 0.971. The summed E-state index contributed by atoms with van der Waals surface area (Å²) in [5.41, 5.74) is 1.20. The minimum Gasteiger partial charge on any atom is -0.496 e. The van der Waals surface area contributed by atoms with E-state index in [1.807, 2.05) is 12.1 Å². The average Bonchev–Trinajstić information content (AvgIpc) is 2.04. The lowest BCUT2D eigenvalue weighted by molar-refractivity contribution is 0.409. The molecule has 0 atom stereocenters. The lowest BCUT2D eigenvalue weighted by Gasteiger charge is -2.06. The van der Waals surface area contributed by atoms with Crippen molar-refractivity contribution < 1.29 is 4.74 Å². The molecule has 0 spiro atoms. The van der Waals surface area contributed by atoms with Gasteiger partial charge in [0.15, 0.2) is 0 Å². The third-order valence-electron chi connectivity index (χ3n) is 1.58. The van der Waals surface area contributed by atoms with Gasteiger partial charge in [-0.05, 0) is 24.6 Å². The van der Waals surface area contributed by atoms with Crippen molar-refractivity contribution in [1.29, 1.82) is 0 Å². The molecule has 0 aromatic heterocycles.